The smallest absolute Gasteiger partial charge is 0.343 e. The van der Waals surface area contributed by atoms with Crippen molar-refractivity contribution in [1.82, 2.24) is 19.4 Å². The van der Waals surface area contributed by atoms with Crippen LogP contribution in [0.4, 0.5) is 0 Å². The van der Waals surface area contributed by atoms with E-state index in [9.17, 15) is 14.7 Å². The number of fused-ring (bicyclic) bond motifs is 5. The molecule has 2 aromatic heterocycles. The number of esters is 1. The van der Waals surface area contributed by atoms with Gasteiger partial charge in [-0.1, -0.05) is 26.7 Å². The number of nitrogens with zero attached hydrogens (tertiary/aromatic N) is 4. The molecule has 1 saturated heterocycles. The van der Waals surface area contributed by atoms with Crippen LogP contribution < -0.4 is 10.3 Å². The van der Waals surface area contributed by atoms with Gasteiger partial charge in [0.25, 0.3) is 5.56 Å². The van der Waals surface area contributed by atoms with Crippen molar-refractivity contribution in [1.29, 1.82) is 0 Å². The van der Waals surface area contributed by atoms with Gasteiger partial charge < -0.3 is 28.9 Å². The van der Waals surface area contributed by atoms with E-state index in [0.29, 0.717) is 35.7 Å². The highest BCUT2D eigenvalue weighted by Crippen LogP contribution is 2.38. The highest BCUT2D eigenvalue weighted by Gasteiger charge is 2.45. The zero-order valence-electron chi connectivity index (χ0n) is 24.9. The number of hydrogen-bond acceptors (Lipinski definition) is 8. The molecule has 0 saturated carbocycles. The Hall–Kier alpha value is -3.27. The van der Waals surface area contributed by atoms with Gasteiger partial charge in [0.2, 0.25) is 0 Å². The lowest BCUT2D eigenvalue weighted by Gasteiger charge is -2.34. The normalized spacial score (nSPS) is 20.3. The average molecular weight is 575 g/mol. The molecule has 0 amide bonds. The molecule has 1 aromatic carbocycles. The van der Waals surface area contributed by atoms with E-state index in [2.05, 4.69) is 22.8 Å². The predicted octanol–water partition coefficient (Wildman–Crippen LogP) is 4.05. The molecule has 3 aliphatic heterocycles. The first-order valence-electron chi connectivity index (χ1n) is 15.6. The maximum atomic E-state index is 13.4. The van der Waals surface area contributed by atoms with Gasteiger partial charge in [-0.2, -0.15) is 0 Å². The minimum atomic E-state index is -1.82. The Labute approximate surface area is 247 Å². The third kappa shape index (κ3) is 5.45. The zero-order valence-corrected chi connectivity index (χ0v) is 24.9. The predicted molar refractivity (Wildman–Crippen MR) is 162 cm³/mol. The van der Waals surface area contributed by atoms with Crippen LogP contribution in [0.15, 0.2) is 35.1 Å². The minimum Gasteiger partial charge on any atom is -0.494 e. The van der Waals surface area contributed by atoms with Crippen LogP contribution in [0.1, 0.15) is 69.1 Å². The third-order valence-electron chi connectivity index (χ3n) is 9.16. The van der Waals surface area contributed by atoms with Gasteiger partial charge in [0.15, 0.2) is 5.60 Å². The lowest BCUT2D eigenvalue weighted by molar-refractivity contribution is -0.172. The summed E-state index contributed by atoms with van der Waals surface area (Å²) in [5.74, 6) is 0.104. The van der Waals surface area contributed by atoms with Crippen LogP contribution in [0.3, 0.4) is 0 Å². The Morgan fingerprint density at radius 1 is 0.976 bits per heavy atom. The number of unbranched alkanes of at least 4 members (excludes halogenated alkanes) is 3. The van der Waals surface area contributed by atoms with Crippen molar-refractivity contribution >= 4 is 16.9 Å². The van der Waals surface area contributed by atoms with Gasteiger partial charge in [0.05, 0.1) is 35.6 Å². The molecule has 3 aliphatic rings. The van der Waals surface area contributed by atoms with Crippen molar-refractivity contribution in [3.8, 4) is 17.1 Å². The second kappa shape index (κ2) is 12.1. The minimum absolute atomic E-state index is 0.124. The number of hydrogen-bond donors (Lipinski definition) is 1. The molecule has 1 fully saturated rings. The SMILES string of the molecule is CCCCCN1CCN(CCCCOc2ccc3nc4c(cc3c2)Cn2c-4cc3c(c2=O)COC(=O)[C@]3(O)CC)CC1. The van der Waals surface area contributed by atoms with Crippen molar-refractivity contribution in [3.63, 3.8) is 0 Å². The lowest BCUT2D eigenvalue weighted by Crippen LogP contribution is -2.46. The maximum Gasteiger partial charge on any atom is 0.343 e. The first-order chi connectivity index (χ1) is 20.4. The summed E-state index contributed by atoms with van der Waals surface area (Å²) in [4.78, 5) is 35.8. The van der Waals surface area contributed by atoms with Crippen LogP contribution in [-0.2, 0) is 28.3 Å². The van der Waals surface area contributed by atoms with E-state index < -0.39 is 11.6 Å². The van der Waals surface area contributed by atoms with E-state index in [1.54, 1.807) is 17.6 Å². The van der Waals surface area contributed by atoms with E-state index in [0.717, 1.165) is 41.6 Å². The van der Waals surface area contributed by atoms with Crippen molar-refractivity contribution in [3.05, 3.63) is 57.4 Å². The maximum absolute atomic E-state index is 13.4. The Bertz CT molecular complexity index is 1530. The second-order valence-electron chi connectivity index (χ2n) is 11.9. The fraction of sp³-hybridized carbons (Fsp3) is 0.545. The molecule has 6 rings (SSSR count). The second-order valence-corrected chi connectivity index (χ2v) is 11.9. The summed E-state index contributed by atoms with van der Waals surface area (Å²) in [6.07, 6.45) is 6.19. The Morgan fingerprint density at radius 3 is 2.43 bits per heavy atom. The van der Waals surface area contributed by atoms with E-state index in [-0.39, 0.29) is 18.6 Å². The van der Waals surface area contributed by atoms with Crippen molar-refractivity contribution in [2.45, 2.75) is 71.1 Å². The van der Waals surface area contributed by atoms with E-state index in [4.69, 9.17) is 14.5 Å². The third-order valence-corrected chi connectivity index (χ3v) is 9.16. The summed E-state index contributed by atoms with van der Waals surface area (Å²) in [5.41, 5.74) is 1.65. The van der Waals surface area contributed by atoms with E-state index in [1.165, 1.54) is 52.0 Å². The molecule has 0 aliphatic carbocycles. The molecule has 224 valence electrons. The summed E-state index contributed by atoms with van der Waals surface area (Å²) < 4.78 is 12.9. The molecule has 9 heteroatoms. The highest BCUT2D eigenvalue weighted by molar-refractivity contribution is 5.87. The fourth-order valence-corrected chi connectivity index (χ4v) is 6.50. The Kier molecular flexibility index (Phi) is 8.34. The first-order valence-corrected chi connectivity index (χ1v) is 15.6. The van der Waals surface area contributed by atoms with Crippen molar-refractivity contribution in [2.24, 2.45) is 0 Å². The monoisotopic (exact) mass is 574 g/mol. The summed E-state index contributed by atoms with van der Waals surface area (Å²) in [5, 5.41) is 12.0. The molecule has 42 heavy (non-hydrogen) atoms. The number of benzene rings is 1. The molecule has 3 aromatic rings. The van der Waals surface area contributed by atoms with E-state index >= 15 is 0 Å². The van der Waals surface area contributed by atoms with Crippen LogP contribution in [-0.4, -0.2) is 76.3 Å². The fourth-order valence-electron chi connectivity index (χ4n) is 6.50. The summed E-state index contributed by atoms with van der Waals surface area (Å²) in [6.45, 7) is 12.0. The Morgan fingerprint density at radius 2 is 1.71 bits per heavy atom. The molecule has 0 unspecified atom stereocenters. The number of piperazine rings is 1. The highest BCUT2D eigenvalue weighted by atomic mass is 16.6. The zero-order chi connectivity index (χ0) is 29.3. The van der Waals surface area contributed by atoms with Crippen LogP contribution >= 0.6 is 0 Å². The molecule has 0 bridgehead atoms. The molecule has 1 atom stereocenters. The molecular formula is C33H42N4O5. The number of carbonyl (C=O) groups excluding carboxylic acids is 1. The molecule has 5 heterocycles. The van der Waals surface area contributed by atoms with Gasteiger partial charge >= 0.3 is 5.97 Å². The van der Waals surface area contributed by atoms with Gasteiger partial charge in [-0.15, -0.1) is 0 Å². The van der Waals surface area contributed by atoms with Crippen molar-refractivity contribution in [2.75, 3.05) is 45.9 Å². The largest absolute Gasteiger partial charge is 0.494 e. The number of cyclic esters (lactones) is 1. The standard InChI is InChI=1S/C33H42N4O5/c1-3-5-6-11-35-13-15-36(16-14-35)12-7-8-17-41-25-9-10-28-23(19-25)18-24-21-37-29(30(24)34-28)20-27-26(31(37)38)22-42-32(39)33(27,40)4-2/h9-10,18-20,40H,3-8,11-17,21-22H2,1-2H3/t33-/m0/s1. The lowest BCUT2D eigenvalue weighted by atomic mass is 9.86. The van der Waals surface area contributed by atoms with Gasteiger partial charge in [0.1, 0.15) is 12.4 Å². The number of aliphatic hydroxyl groups is 1. The van der Waals surface area contributed by atoms with Gasteiger partial charge in [-0.25, -0.2) is 9.78 Å². The molecular weight excluding hydrogens is 532 g/mol. The number of ether oxygens (including phenoxy) is 2. The quantitative estimate of drug-likeness (QED) is 0.212. The van der Waals surface area contributed by atoms with Gasteiger partial charge in [0, 0.05) is 42.7 Å². The summed E-state index contributed by atoms with van der Waals surface area (Å²) in [6, 6.07) is 9.71. The van der Waals surface area contributed by atoms with Crippen LogP contribution in [0, 0.1) is 0 Å². The summed E-state index contributed by atoms with van der Waals surface area (Å²) >= 11 is 0. The van der Waals surface area contributed by atoms with Crippen LogP contribution in [0.5, 0.6) is 5.75 Å². The molecule has 9 nitrogen and oxygen atoms in total. The molecule has 0 radical (unpaired) electrons. The molecule has 1 N–H and O–H groups in total. The topological polar surface area (TPSA) is 97.1 Å². The van der Waals surface area contributed by atoms with E-state index in [1.807, 2.05) is 18.2 Å². The average Bonchev–Trinajstić information content (AvgIpc) is 3.36. The summed E-state index contributed by atoms with van der Waals surface area (Å²) in [7, 11) is 0. The van der Waals surface area contributed by atoms with Gasteiger partial charge in [-0.05, 0) is 69.1 Å². The first kappa shape index (κ1) is 28.8. The van der Waals surface area contributed by atoms with Crippen LogP contribution in [0.25, 0.3) is 22.3 Å². The number of rotatable bonds is 11. The molecule has 0 spiro atoms. The number of aromatic nitrogens is 2. The van der Waals surface area contributed by atoms with Crippen LogP contribution in [0.2, 0.25) is 0 Å². The number of pyridine rings is 2. The number of carbonyl (C=O) groups is 1. The Balaban J connectivity index is 1.07. The van der Waals surface area contributed by atoms with Gasteiger partial charge in [-0.3, -0.25) is 4.79 Å². The van der Waals surface area contributed by atoms with Crippen molar-refractivity contribution < 1.29 is 19.4 Å².